The van der Waals surface area contributed by atoms with Crippen LogP contribution < -0.4 is 38.5 Å². The number of halogens is 2. The smallest absolute Gasteiger partial charge is 0.181 e. The first-order valence-electron chi connectivity index (χ1n) is 9.76. The van der Waals surface area contributed by atoms with E-state index in [4.69, 9.17) is 0 Å². The Kier molecular flexibility index (Phi) is 10.7. The van der Waals surface area contributed by atoms with Crippen LogP contribution in [0.5, 0.6) is 0 Å². The third-order valence-electron chi connectivity index (χ3n) is 5.45. The van der Waals surface area contributed by atoms with Gasteiger partial charge in [0.2, 0.25) is 0 Å². The lowest BCUT2D eigenvalue weighted by molar-refractivity contribution is -0.704. The van der Waals surface area contributed by atoms with Crippen molar-refractivity contribution in [2.45, 2.75) is 65.3 Å². The summed E-state index contributed by atoms with van der Waals surface area (Å²) in [7, 11) is 0. The van der Waals surface area contributed by atoms with Crippen LogP contribution in [-0.4, -0.2) is 0 Å². The molecule has 0 saturated heterocycles. The van der Waals surface area contributed by atoms with Crippen molar-refractivity contribution in [3.8, 4) is 0 Å². The van der Waals surface area contributed by atoms with Crippen LogP contribution in [0.3, 0.4) is 0 Å². The van der Waals surface area contributed by atoms with Crippen LogP contribution >= 0.6 is 0 Å². The van der Waals surface area contributed by atoms with Gasteiger partial charge in [0.05, 0.1) is 0 Å². The van der Waals surface area contributed by atoms with Gasteiger partial charge in [-0.05, 0) is 55.1 Å². The van der Waals surface area contributed by atoms with E-state index in [0.29, 0.717) is 0 Å². The maximum atomic E-state index is 2.48. The van der Waals surface area contributed by atoms with E-state index in [9.17, 15) is 0 Å². The monoisotopic (exact) mass is 480 g/mol. The lowest BCUT2D eigenvalue weighted by Crippen LogP contribution is -3.00. The van der Waals surface area contributed by atoms with Gasteiger partial charge in [-0.3, -0.25) is 0 Å². The number of benzene rings is 1. The molecule has 1 aromatic heterocycles. The predicted octanol–water partition coefficient (Wildman–Crippen LogP) is -0.844. The van der Waals surface area contributed by atoms with Crippen molar-refractivity contribution in [3.63, 3.8) is 0 Å². The van der Waals surface area contributed by atoms with E-state index in [1.165, 1.54) is 61.8 Å². The molecule has 4 rings (SSSR count). The molecule has 2 aromatic rings. The maximum Gasteiger partial charge on any atom is 0.181 e. The normalized spacial score (nSPS) is 21.2. The number of hydrogen-bond donors (Lipinski definition) is 0. The van der Waals surface area contributed by atoms with Gasteiger partial charge in [-0.25, -0.2) is 4.57 Å². The van der Waals surface area contributed by atoms with Crippen molar-refractivity contribution in [1.82, 2.24) is 0 Å². The molecule has 1 nitrogen and oxygen atoms in total. The number of nitrogens with zero attached hydrogens (tertiary/aromatic N) is 1. The number of aryl methyl sites for hydroxylation is 2. The minimum atomic E-state index is 0. The van der Waals surface area contributed by atoms with Gasteiger partial charge in [0.15, 0.2) is 11.9 Å². The highest BCUT2D eigenvalue weighted by Crippen LogP contribution is 2.19. The Morgan fingerprint density at radius 1 is 0.769 bits per heavy atom. The van der Waals surface area contributed by atoms with Crippen LogP contribution in [0.1, 0.15) is 56.4 Å². The van der Waals surface area contributed by atoms with Crippen LogP contribution in [0.2, 0.25) is 0 Å². The number of aromatic nitrogens is 1. The quantitative estimate of drug-likeness (QED) is 0.432. The zero-order valence-corrected chi connectivity index (χ0v) is 19.3. The fourth-order valence-corrected chi connectivity index (χ4v) is 4.02. The van der Waals surface area contributed by atoms with Crippen LogP contribution in [0, 0.1) is 11.8 Å². The molecule has 0 spiro atoms. The maximum absolute atomic E-state index is 2.48. The lowest BCUT2D eigenvalue weighted by atomic mass is 9.92. The SMILES string of the molecule is CC1CCCc2cccc[n+]2CCCC(C)Cc2ccc(cc2)C1.[Br-].[Br-]. The Balaban J connectivity index is 0.00000169. The van der Waals surface area contributed by atoms with E-state index < -0.39 is 0 Å². The molecule has 2 aliphatic heterocycles. The number of hydrogen-bond acceptors (Lipinski definition) is 0. The van der Waals surface area contributed by atoms with Gasteiger partial charge in [-0.1, -0.05) is 44.2 Å². The second-order valence-corrected chi connectivity index (χ2v) is 7.85. The zero-order chi connectivity index (χ0) is 16.8. The molecule has 0 aliphatic carbocycles. The van der Waals surface area contributed by atoms with E-state index in [-0.39, 0.29) is 34.0 Å². The molecule has 0 amide bonds. The molecule has 26 heavy (non-hydrogen) atoms. The molecule has 3 heterocycles. The summed E-state index contributed by atoms with van der Waals surface area (Å²) in [5.41, 5.74) is 4.51. The standard InChI is InChI=1S/C23H32N.2BrH/c1-19-7-5-10-23-9-3-4-15-24(23)16-6-8-20(2)18-22-13-11-21(17-19)12-14-22;;/h3-4,9,11-15,19-20H,5-8,10,16-18H2,1-2H3;2*1H/q+1;;/p-2. The summed E-state index contributed by atoms with van der Waals surface area (Å²) in [6.07, 6.45) is 11.1. The van der Waals surface area contributed by atoms with Crippen molar-refractivity contribution in [1.29, 1.82) is 0 Å². The van der Waals surface area contributed by atoms with E-state index in [0.717, 1.165) is 18.4 Å². The summed E-state index contributed by atoms with van der Waals surface area (Å²) in [5, 5.41) is 0. The third kappa shape index (κ3) is 7.15. The Morgan fingerprint density at radius 3 is 1.96 bits per heavy atom. The predicted molar refractivity (Wildman–Crippen MR) is 101 cm³/mol. The number of fused-ring (bicyclic) bond motifs is 10. The molecule has 3 heteroatoms. The van der Waals surface area contributed by atoms with Gasteiger partial charge in [0, 0.05) is 25.0 Å². The van der Waals surface area contributed by atoms with Crippen LogP contribution in [0.15, 0.2) is 48.7 Å². The highest BCUT2D eigenvalue weighted by molar-refractivity contribution is 5.23. The van der Waals surface area contributed by atoms with Crippen LogP contribution in [0.25, 0.3) is 0 Å². The van der Waals surface area contributed by atoms with Crippen molar-refractivity contribution >= 4 is 0 Å². The van der Waals surface area contributed by atoms with Crippen LogP contribution in [-0.2, 0) is 25.8 Å². The van der Waals surface area contributed by atoms with Gasteiger partial charge >= 0.3 is 0 Å². The summed E-state index contributed by atoms with van der Waals surface area (Å²) in [6.45, 7) is 5.96. The van der Waals surface area contributed by atoms with E-state index in [1.54, 1.807) is 0 Å². The first-order chi connectivity index (χ1) is 11.7. The average Bonchev–Trinajstić information content (AvgIpc) is 2.57. The van der Waals surface area contributed by atoms with Crippen molar-refractivity contribution in [2.24, 2.45) is 11.8 Å². The van der Waals surface area contributed by atoms with Crippen molar-refractivity contribution < 1.29 is 38.5 Å². The summed E-state index contributed by atoms with van der Waals surface area (Å²) >= 11 is 0. The van der Waals surface area contributed by atoms with E-state index >= 15 is 0 Å². The lowest BCUT2D eigenvalue weighted by Gasteiger charge is -2.14. The van der Waals surface area contributed by atoms with Gasteiger partial charge in [-0.2, -0.15) is 0 Å². The van der Waals surface area contributed by atoms with E-state index in [1.807, 2.05) is 0 Å². The van der Waals surface area contributed by atoms with Crippen LogP contribution in [0.4, 0.5) is 0 Å². The minimum Gasteiger partial charge on any atom is -1.00 e. The molecule has 2 bridgehead atoms. The molecule has 0 saturated carbocycles. The summed E-state index contributed by atoms with van der Waals surface area (Å²) < 4.78 is 2.48. The van der Waals surface area contributed by atoms with Crippen molar-refractivity contribution in [3.05, 3.63) is 65.5 Å². The van der Waals surface area contributed by atoms with Gasteiger partial charge in [0.25, 0.3) is 0 Å². The van der Waals surface area contributed by atoms with Gasteiger partial charge in [-0.15, -0.1) is 0 Å². The first kappa shape index (κ1) is 23.4. The third-order valence-corrected chi connectivity index (χ3v) is 5.45. The second kappa shape index (κ2) is 11.9. The second-order valence-electron chi connectivity index (χ2n) is 7.85. The highest BCUT2D eigenvalue weighted by Gasteiger charge is 2.13. The average molecular weight is 482 g/mol. The molecular formula is C23H32Br2N-. The molecule has 0 N–H and O–H groups in total. The Labute approximate surface area is 180 Å². The summed E-state index contributed by atoms with van der Waals surface area (Å²) in [5.74, 6) is 1.52. The number of rotatable bonds is 0. The Bertz CT molecular complexity index is 583. The molecule has 1 aromatic carbocycles. The zero-order valence-electron chi connectivity index (χ0n) is 16.1. The first-order valence-corrected chi connectivity index (χ1v) is 9.76. The highest BCUT2D eigenvalue weighted by atomic mass is 79.9. The van der Waals surface area contributed by atoms with Gasteiger partial charge in [0.1, 0.15) is 6.54 Å². The topological polar surface area (TPSA) is 3.88 Å². The molecule has 144 valence electrons. The molecule has 2 unspecified atom stereocenters. The molecule has 2 atom stereocenters. The Morgan fingerprint density at radius 2 is 1.35 bits per heavy atom. The summed E-state index contributed by atoms with van der Waals surface area (Å²) in [4.78, 5) is 0. The van der Waals surface area contributed by atoms with Gasteiger partial charge < -0.3 is 34.0 Å². The summed E-state index contributed by atoms with van der Waals surface area (Å²) in [6, 6.07) is 16.1. The Hall–Kier alpha value is -0.670. The largest absolute Gasteiger partial charge is 1.00 e. The minimum absolute atomic E-state index is 0. The fraction of sp³-hybridized carbons (Fsp3) is 0.522. The number of pyridine rings is 1. The molecule has 0 fully saturated rings. The molecule has 0 radical (unpaired) electrons. The molecular weight excluding hydrogens is 450 g/mol. The fourth-order valence-electron chi connectivity index (χ4n) is 4.02. The molecule has 2 aliphatic rings. The van der Waals surface area contributed by atoms with Crippen molar-refractivity contribution in [2.75, 3.05) is 0 Å². The van der Waals surface area contributed by atoms with E-state index in [2.05, 4.69) is 67.1 Å².